The number of hydrogen-bond donors (Lipinski definition) is 1. The van der Waals surface area contributed by atoms with Crippen LogP contribution in [0.4, 0.5) is 5.69 Å². The lowest BCUT2D eigenvalue weighted by Gasteiger charge is -2.35. The van der Waals surface area contributed by atoms with Crippen molar-refractivity contribution in [1.82, 2.24) is 4.31 Å². The van der Waals surface area contributed by atoms with Gasteiger partial charge in [0.25, 0.3) is 0 Å². The van der Waals surface area contributed by atoms with E-state index >= 15 is 0 Å². The zero-order valence-electron chi connectivity index (χ0n) is 9.79. The summed E-state index contributed by atoms with van der Waals surface area (Å²) in [6, 6.07) is 6.89. The van der Waals surface area contributed by atoms with Gasteiger partial charge >= 0.3 is 0 Å². The van der Waals surface area contributed by atoms with Crippen LogP contribution in [0.2, 0.25) is 0 Å². The Labute approximate surface area is 112 Å². The van der Waals surface area contributed by atoms with Crippen LogP contribution in [0.25, 0.3) is 0 Å². The highest BCUT2D eigenvalue weighted by Crippen LogP contribution is 2.20. The molecule has 1 saturated heterocycles. The Hall–Kier alpha value is -0.980. The van der Waals surface area contributed by atoms with Crippen molar-refractivity contribution in [2.75, 3.05) is 36.3 Å². The van der Waals surface area contributed by atoms with E-state index in [9.17, 15) is 13.5 Å². The van der Waals surface area contributed by atoms with Crippen molar-refractivity contribution in [2.24, 2.45) is 0 Å². The monoisotopic (exact) mass is 290 g/mol. The van der Waals surface area contributed by atoms with E-state index < -0.39 is 10.0 Å². The van der Waals surface area contributed by atoms with Crippen LogP contribution < -0.4 is 4.90 Å². The molecule has 1 heterocycles. The molecular formula is C11H15ClN2O3S. The first-order valence-corrected chi connectivity index (χ1v) is 7.75. The molecule has 1 fully saturated rings. The third-order valence-electron chi connectivity index (χ3n) is 2.98. The average Bonchev–Trinajstić information content (AvgIpc) is 2.40. The molecule has 0 bridgehead atoms. The van der Waals surface area contributed by atoms with Crippen LogP contribution in [0.1, 0.15) is 0 Å². The van der Waals surface area contributed by atoms with Gasteiger partial charge < -0.3 is 10.0 Å². The fraction of sp³-hybridized carbons (Fsp3) is 0.455. The van der Waals surface area contributed by atoms with Crippen molar-refractivity contribution < 1.29 is 13.5 Å². The Kier molecular flexibility index (Phi) is 3.99. The van der Waals surface area contributed by atoms with E-state index in [2.05, 4.69) is 4.90 Å². The molecule has 0 aromatic heterocycles. The van der Waals surface area contributed by atoms with Crippen LogP contribution in [0.15, 0.2) is 24.3 Å². The number of hydrogen-bond acceptors (Lipinski definition) is 4. The summed E-state index contributed by atoms with van der Waals surface area (Å²) >= 11 is 5.43. The van der Waals surface area contributed by atoms with Crippen molar-refractivity contribution in [3.8, 4) is 5.75 Å². The van der Waals surface area contributed by atoms with Gasteiger partial charge in [0.1, 0.15) is 11.0 Å². The summed E-state index contributed by atoms with van der Waals surface area (Å²) in [5.41, 5.74) is 0.982. The Bertz CT molecular complexity index is 496. The largest absolute Gasteiger partial charge is 0.508 e. The molecule has 0 aliphatic carbocycles. The smallest absolute Gasteiger partial charge is 0.228 e. The maximum Gasteiger partial charge on any atom is 0.228 e. The molecule has 0 spiro atoms. The first kappa shape index (κ1) is 13.5. The van der Waals surface area contributed by atoms with Crippen LogP contribution in [0.3, 0.4) is 0 Å². The second-order valence-electron chi connectivity index (χ2n) is 4.12. The predicted octanol–water partition coefficient (Wildman–Crippen LogP) is 1.04. The minimum Gasteiger partial charge on any atom is -0.508 e. The lowest BCUT2D eigenvalue weighted by molar-refractivity contribution is 0.387. The zero-order valence-corrected chi connectivity index (χ0v) is 11.4. The maximum absolute atomic E-state index is 11.6. The summed E-state index contributed by atoms with van der Waals surface area (Å²) in [5.74, 6) is 0.224. The van der Waals surface area contributed by atoms with Crippen LogP contribution >= 0.6 is 11.6 Å². The number of phenols is 1. The summed E-state index contributed by atoms with van der Waals surface area (Å²) in [4.78, 5) is 2.08. The number of phenolic OH excluding ortho intramolecular Hbond substituents is 1. The van der Waals surface area contributed by atoms with Crippen molar-refractivity contribution in [3.05, 3.63) is 24.3 Å². The predicted molar refractivity (Wildman–Crippen MR) is 71.5 cm³/mol. The summed E-state index contributed by atoms with van der Waals surface area (Å²) in [7, 11) is -3.30. The van der Waals surface area contributed by atoms with E-state index in [0.29, 0.717) is 26.2 Å². The van der Waals surface area contributed by atoms with Crippen molar-refractivity contribution >= 4 is 27.3 Å². The number of sulfonamides is 1. The van der Waals surface area contributed by atoms with E-state index in [1.807, 2.05) is 12.1 Å². The van der Waals surface area contributed by atoms with E-state index in [1.54, 1.807) is 12.1 Å². The Morgan fingerprint density at radius 3 is 2.17 bits per heavy atom. The number of halogens is 1. The van der Waals surface area contributed by atoms with E-state index in [0.717, 1.165) is 5.69 Å². The summed E-state index contributed by atoms with van der Waals surface area (Å²) in [6.45, 7) is 2.13. The molecule has 2 rings (SSSR count). The number of nitrogens with zero attached hydrogens (tertiary/aromatic N) is 2. The van der Waals surface area contributed by atoms with Crippen LogP contribution in [-0.2, 0) is 10.0 Å². The number of anilines is 1. The normalized spacial score (nSPS) is 17.9. The molecule has 0 atom stereocenters. The number of piperazine rings is 1. The standard InChI is InChI=1S/C11H15ClN2O3S/c12-9-18(16,17)14-7-5-13(6-8-14)10-1-3-11(15)4-2-10/h1-4,15H,5-9H2. The molecule has 1 aromatic rings. The van der Waals surface area contributed by atoms with Crippen LogP contribution in [-0.4, -0.2) is 49.2 Å². The van der Waals surface area contributed by atoms with Gasteiger partial charge in [0.2, 0.25) is 10.0 Å². The van der Waals surface area contributed by atoms with Crippen LogP contribution in [0, 0.1) is 0 Å². The first-order valence-electron chi connectivity index (χ1n) is 5.61. The number of aromatic hydroxyl groups is 1. The van der Waals surface area contributed by atoms with Gasteiger partial charge in [0, 0.05) is 31.9 Å². The molecule has 100 valence electrons. The zero-order chi connectivity index (χ0) is 13.2. The van der Waals surface area contributed by atoms with Gasteiger partial charge in [-0.25, -0.2) is 8.42 Å². The van der Waals surface area contributed by atoms with Gasteiger partial charge in [-0.2, -0.15) is 4.31 Å². The Balaban J connectivity index is 2.01. The molecule has 0 saturated carbocycles. The molecule has 7 heteroatoms. The van der Waals surface area contributed by atoms with Crippen molar-refractivity contribution in [1.29, 1.82) is 0 Å². The first-order chi connectivity index (χ1) is 8.53. The fourth-order valence-electron chi connectivity index (χ4n) is 1.96. The quantitative estimate of drug-likeness (QED) is 0.845. The van der Waals surface area contributed by atoms with E-state index in [-0.39, 0.29) is 11.0 Å². The minimum atomic E-state index is -3.30. The summed E-state index contributed by atoms with van der Waals surface area (Å²) in [5, 5.41) is 8.85. The number of alkyl halides is 1. The second kappa shape index (κ2) is 5.34. The summed E-state index contributed by atoms with van der Waals surface area (Å²) in [6.07, 6.45) is 0. The number of rotatable bonds is 3. The Morgan fingerprint density at radius 2 is 1.67 bits per heavy atom. The van der Waals surface area contributed by atoms with Gasteiger partial charge in [-0.15, -0.1) is 11.6 Å². The maximum atomic E-state index is 11.6. The topological polar surface area (TPSA) is 60.9 Å². The Morgan fingerprint density at radius 1 is 1.11 bits per heavy atom. The highest BCUT2D eigenvalue weighted by Gasteiger charge is 2.25. The lowest BCUT2D eigenvalue weighted by atomic mass is 10.2. The van der Waals surface area contributed by atoms with Gasteiger partial charge in [-0.1, -0.05) is 0 Å². The highest BCUT2D eigenvalue weighted by molar-refractivity contribution is 7.90. The highest BCUT2D eigenvalue weighted by atomic mass is 35.5. The number of benzene rings is 1. The average molecular weight is 291 g/mol. The van der Waals surface area contributed by atoms with Crippen molar-refractivity contribution in [2.45, 2.75) is 0 Å². The lowest BCUT2D eigenvalue weighted by Crippen LogP contribution is -2.48. The van der Waals surface area contributed by atoms with Gasteiger partial charge in [0.15, 0.2) is 0 Å². The van der Waals surface area contributed by atoms with E-state index in [1.165, 1.54) is 4.31 Å². The molecule has 18 heavy (non-hydrogen) atoms. The second-order valence-corrected chi connectivity index (χ2v) is 6.68. The molecule has 5 nitrogen and oxygen atoms in total. The molecular weight excluding hydrogens is 276 g/mol. The van der Waals surface area contributed by atoms with Crippen LogP contribution in [0.5, 0.6) is 5.75 Å². The molecule has 1 aromatic carbocycles. The molecule has 1 aliphatic rings. The third kappa shape index (κ3) is 2.88. The molecule has 0 radical (unpaired) electrons. The van der Waals surface area contributed by atoms with Gasteiger partial charge in [-0.05, 0) is 24.3 Å². The van der Waals surface area contributed by atoms with E-state index in [4.69, 9.17) is 11.6 Å². The molecule has 1 N–H and O–H groups in total. The molecule has 0 amide bonds. The SMILES string of the molecule is O=S(=O)(CCl)N1CCN(c2ccc(O)cc2)CC1. The minimum absolute atomic E-state index is 0.224. The summed E-state index contributed by atoms with van der Waals surface area (Å²) < 4.78 is 24.6. The van der Waals surface area contributed by atoms with Crippen molar-refractivity contribution in [3.63, 3.8) is 0 Å². The van der Waals surface area contributed by atoms with Gasteiger partial charge in [0.05, 0.1) is 0 Å². The molecule has 0 unspecified atom stereocenters. The molecule has 1 aliphatic heterocycles. The third-order valence-corrected chi connectivity index (χ3v) is 5.24. The van der Waals surface area contributed by atoms with Gasteiger partial charge in [-0.3, -0.25) is 0 Å². The fourth-order valence-corrected chi connectivity index (χ4v) is 3.23.